The molecule has 1 aromatic rings. The summed E-state index contributed by atoms with van der Waals surface area (Å²) in [5.41, 5.74) is 6.50. The number of methoxy groups -OCH3 is 1. The third-order valence-electron chi connectivity index (χ3n) is 2.10. The maximum atomic E-state index is 6.00. The van der Waals surface area contributed by atoms with Gasteiger partial charge < -0.3 is 15.2 Å². The summed E-state index contributed by atoms with van der Waals surface area (Å²) in [6.07, 6.45) is 0.682. The molecule has 0 aliphatic rings. The van der Waals surface area contributed by atoms with Crippen LogP contribution < -0.4 is 15.2 Å². The van der Waals surface area contributed by atoms with Crippen molar-refractivity contribution in [1.29, 1.82) is 0 Å². The van der Waals surface area contributed by atoms with Gasteiger partial charge in [-0.25, -0.2) is 0 Å². The first-order chi connectivity index (χ1) is 8.08. The first-order valence-corrected chi connectivity index (χ1v) is 6.28. The Morgan fingerprint density at radius 1 is 1.53 bits per heavy atom. The van der Waals surface area contributed by atoms with Gasteiger partial charge in [0.1, 0.15) is 6.61 Å². The molecule has 0 fully saturated rings. The molecular formula is C12H15BrClNO2. The van der Waals surface area contributed by atoms with E-state index in [1.165, 1.54) is 0 Å². The molecule has 1 aromatic carbocycles. The first kappa shape index (κ1) is 14.4. The van der Waals surface area contributed by atoms with E-state index in [4.69, 9.17) is 26.8 Å². The first-order valence-electron chi connectivity index (χ1n) is 5.11. The minimum atomic E-state index is 0.371. The van der Waals surface area contributed by atoms with Gasteiger partial charge in [-0.1, -0.05) is 34.1 Å². The van der Waals surface area contributed by atoms with Crippen LogP contribution in [0.1, 0.15) is 5.56 Å². The highest BCUT2D eigenvalue weighted by molar-refractivity contribution is 9.11. The van der Waals surface area contributed by atoms with Crippen molar-refractivity contribution in [3.63, 3.8) is 0 Å². The van der Waals surface area contributed by atoms with Crippen molar-refractivity contribution < 1.29 is 9.47 Å². The van der Waals surface area contributed by atoms with Crippen LogP contribution in [0.3, 0.4) is 0 Å². The van der Waals surface area contributed by atoms with Gasteiger partial charge in [0.15, 0.2) is 11.5 Å². The highest BCUT2D eigenvalue weighted by atomic mass is 79.9. The van der Waals surface area contributed by atoms with Crippen molar-refractivity contribution in [3.05, 3.63) is 33.8 Å². The lowest BCUT2D eigenvalue weighted by Gasteiger charge is -2.15. The molecular weight excluding hydrogens is 305 g/mol. The van der Waals surface area contributed by atoms with E-state index in [0.29, 0.717) is 36.1 Å². The van der Waals surface area contributed by atoms with Crippen molar-refractivity contribution in [2.24, 2.45) is 5.73 Å². The SMILES string of the molecule is C=C(Br)COc1c(CCN)cc(Cl)cc1OC. The predicted molar refractivity (Wildman–Crippen MR) is 74.3 cm³/mol. The molecule has 0 amide bonds. The summed E-state index contributed by atoms with van der Waals surface area (Å²) in [4.78, 5) is 0. The average Bonchev–Trinajstić information content (AvgIpc) is 2.27. The number of ether oxygens (including phenoxy) is 2. The minimum absolute atomic E-state index is 0.371. The summed E-state index contributed by atoms with van der Waals surface area (Å²) in [5, 5.41) is 0.607. The van der Waals surface area contributed by atoms with Crippen LogP contribution in [-0.4, -0.2) is 20.3 Å². The fourth-order valence-corrected chi connectivity index (χ4v) is 1.78. The van der Waals surface area contributed by atoms with E-state index in [-0.39, 0.29) is 0 Å². The second kappa shape index (κ2) is 6.89. The zero-order valence-corrected chi connectivity index (χ0v) is 12.0. The molecule has 5 heteroatoms. The summed E-state index contributed by atoms with van der Waals surface area (Å²) < 4.78 is 11.7. The van der Waals surface area contributed by atoms with E-state index in [9.17, 15) is 0 Å². The van der Waals surface area contributed by atoms with Crippen LogP contribution in [0.15, 0.2) is 23.2 Å². The lowest BCUT2D eigenvalue weighted by Crippen LogP contribution is -2.07. The maximum Gasteiger partial charge on any atom is 0.165 e. The lowest BCUT2D eigenvalue weighted by molar-refractivity contribution is 0.321. The Balaban J connectivity index is 3.07. The number of hydrogen-bond acceptors (Lipinski definition) is 3. The molecule has 94 valence electrons. The summed E-state index contributed by atoms with van der Waals surface area (Å²) in [5.74, 6) is 1.28. The van der Waals surface area contributed by atoms with E-state index in [2.05, 4.69) is 22.5 Å². The van der Waals surface area contributed by atoms with Crippen LogP contribution >= 0.6 is 27.5 Å². The number of benzene rings is 1. The molecule has 0 heterocycles. The zero-order valence-electron chi connectivity index (χ0n) is 9.63. The van der Waals surface area contributed by atoms with E-state index in [1.807, 2.05) is 6.07 Å². The predicted octanol–water partition coefficient (Wildman–Crippen LogP) is 3.14. The smallest absolute Gasteiger partial charge is 0.165 e. The van der Waals surface area contributed by atoms with Gasteiger partial charge in [-0.05, 0) is 19.0 Å². The van der Waals surface area contributed by atoms with Crippen molar-refractivity contribution in [3.8, 4) is 11.5 Å². The molecule has 0 unspecified atom stereocenters. The summed E-state index contributed by atoms with van der Waals surface area (Å²) in [6, 6.07) is 3.55. The van der Waals surface area contributed by atoms with Gasteiger partial charge in [0, 0.05) is 21.1 Å². The Hall–Kier alpha value is -0.710. The molecule has 0 aliphatic carbocycles. The summed E-state index contributed by atoms with van der Waals surface area (Å²) in [7, 11) is 1.58. The second-order valence-corrected chi connectivity index (χ2v) is 5.00. The third-order valence-corrected chi connectivity index (χ3v) is 2.55. The molecule has 1 rings (SSSR count). The molecule has 0 spiro atoms. The Morgan fingerprint density at radius 2 is 2.24 bits per heavy atom. The molecule has 0 saturated carbocycles. The van der Waals surface area contributed by atoms with Gasteiger partial charge in [0.25, 0.3) is 0 Å². The second-order valence-electron chi connectivity index (χ2n) is 3.44. The van der Waals surface area contributed by atoms with E-state index in [1.54, 1.807) is 13.2 Å². The van der Waals surface area contributed by atoms with Crippen LogP contribution in [0.5, 0.6) is 11.5 Å². The summed E-state index contributed by atoms with van der Waals surface area (Å²) in [6.45, 7) is 4.61. The number of nitrogens with two attached hydrogens (primary N) is 1. The molecule has 17 heavy (non-hydrogen) atoms. The van der Waals surface area contributed by atoms with Gasteiger partial charge in [-0.2, -0.15) is 0 Å². The average molecular weight is 321 g/mol. The normalized spacial score (nSPS) is 10.1. The number of rotatable bonds is 6. The molecule has 0 saturated heterocycles. The summed E-state index contributed by atoms with van der Waals surface area (Å²) >= 11 is 9.24. The van der Waals surface area contributed by atoms with Gasteiger partial charge >= 0.3 is 0 Å². The van der Waals surface area contributed by atoms with Gasteiger partial charge in [0.2, 0.25) is 0 Å². The molecule has 0 aliphatic heterocycles. The Morgan fingerprint density at radius 3 is 2.76 bits per heavy atom. The number of hydrogen-bond donors (Lipinski definition) is 1. The largest absolute Gasteiger partial charge is 0.493 e. The van der Waals surface area contributed by atoms with E-state index in [0.717, 1.165) is 10.0 Å². The van der Waals surface area contributed by atoms with Crippen LogP contribution in [-0.2, 0) is 6.42 Å². The van der Waals surface area contributed by atoms with Gasteiger partial charge in [0.05, 0.1) is 7.11 Å². The van der Waals surface area contributed by atoms with E-state index >= 15 is 0 Å². The zero-order chi connectivity index (χ0) is 12.8. The van der Waals surface area contributed by atoms with Crippen LogP contribution in [0, 0.1) is 0 Å². The van der Waals surface area contributed by atoms with Crippen molar-refractivity contribution in [2.45, 2.75) is 6.42 Å². The van der Waals surface area contributed by atoms with Gasteiger partial charge in [-0.15, -0.1) is 0 Å². The minimum Gasteiger partial charge on any atom is -0.493 e. The molecule has 0 bridgehead atoms. The Bertz CT molecular complexity index is 410. The van der Waals surface area contributed by atoms with Crippen LogP contribution in [0.4, 0.5) is 0 Å². The molecule has 0 atom stereocenters. The Labute approximate surface area is 115 Å². The number of halogens is 2. The quantitative estimate of drug-likeness (QED) is 0.876. The Kier molecular flexibility index (Phi) is 5.82. The molecule has 0 radical (unpaired) electrons. The van der Waals surface area contributed by atoms with Gasteiger partial charge in [-0.3, -0.25) is 0 Å². The van der Waals surface area contributed by atoms with Crippen molar-refractivity contribution in [2.75, 3.05) is 20.3 Å². The lowest BCUT2D eigenvalue weighted by atomic mass is 10.1. The van der Waals surface area contributed by atoms with Crippen LogP contribution in [0.25, 0.3) is 0 Å². The fraction of sp³-hybridized carbons (Fsp3) is 0.333. The highest BCUT2D eigenvalue weighted by Gasteiger charge is 2.12. The maximum absolute atomic E-state index is 6.00. The molecule has 0 aromatic heterocycles. The van der Waals surface area contributed by atoms with Crippen LogP contribution in [0.2, 0.25) is 5.02 Å². The molecule has 3 nitrogen and oxygen atoms in total. The monoisotopic (exact) mass is 319 g/mol. The topological polar surface area (TPSA) is 44.5 Å². The highest BCUT2D eigenvalue weighted by Crippen LogP contribution is 2.35. The van der Waals surface area contributed by atoms with Crippen molar-refractivity contribution >= 4 is 27.5 Å². The molecule has 2 N–H and O–H groups in total. The van der Waals surface area contributed by atoms with Crippen molar-refractivity contribution in [1.82, 2.24) is 0 Å². The third kappa shape index (κ3) is 4.22. The van der Waals surface area contributed by atoms with E-state index < -0.39 is 0 Å². The standard InChI is InChI=1S/C12H15BrClNO2/c1-8(13)7-17-12-9(3-4-15)5-10(14)6-11(12)16-2/h5-6H,1,3-4,7,15H2,2H3. The fourth-order valence-electron chi connectivity index (χ4n) is 1.43.